The van der Waals surface area contributed by atoms with Crippen molar-refractivity contribution in [1.29, 1.82) is 0 Å². The lowest BCUT2D eigenvalue weighted by molar-refractivity contribution is 0.601. The highest BCUT2D eigenvalue weighted by Gasteiger charge is 2.15. The van der Waals surface area contributed by atoms with E-state index in [9.17, 15) is 13.2 Å². The number of benzene rings is 2. The molecule has 25 heavy (non-hydrogen) atoms. The Morgan fingerprint density at radius 2 is 1.68 bits per heavy atom. The molecule has 1 aromatic heterocycles. The van der Waals surface area contributed by atoms with Crippen LogP contribution in [0.1, 0.15) is 30.9 Å². The van der Waals surface area contributed by atoms with Crippen molar-refractivity contribution < 1.29 is 8.42 Å². The topological polar surface area (TPSA) is 79.0 Å². The highest BCUT2D eigenvalue weighted by atomic mass is 32.2. The maximum Gasteiger partial charge on any atom is 0.261 e. The Bertz CT molecular complexity index is 1080. The van der Waals surface area contributed by atoms with E-state index in [0.717, 1.165) is 10.9 Å². The molecule has 0 saturated carbocycles. The second-order valence-electron chi connectivity index (χ2n) is 6.41. The Labute approximate surface area is 146 Å². The Morgan fingerprint density at radius 3 is 2.32 bits per heavy atom. The Hall–Kier alpha value is -2.60. The molecule has 3 rings (SSSR count). The van der Waals surface area contributed by atoms with Crippen LogP contribution in [0.4, 0.5) is 5.69 Å². The van der Waals surface area contributed by atoms with Crippen molar-refractivity contribution in [3.8, 4) is 0 Å². The van der Waals surface area contributed by atoms with Crippen LogP contribution in [0.25, 0.3) is 10.9 Å². The van der Waals surface area contributed by atoms with Gasteiger partial charge in [-0.25, -0.2) is 8.42 Å². The SMILES string of the molecule is Cc1cc2ccc(NS(=O)(=O)c3ccc(C(C)C)cc3)cc2[nH]c1=O. The zero-order chi connectivity index (χ0) is 18.2. The number of aromatic amines is 1. The van der Waals surface area contributed by atoms with E-state index in [1.165, 1.54) is 0 Å². The molecular formula is C19H20N2O3S. The Balaban J connectivity index is 1.93. The molecule has 0 aliphatic carbocycles. The average molecular weight is 356 g/mol. The van der Waals surface area contributed by atoms with Gasteiger partial charge in [0.15, 0.2) is 0 Å². The molecule has 0 unspecified atom stereocenters. The van der Waals surface area contributed by atoms with Crippen LogP contribution in [0.15, 0.2) is 58.2 Å². The molecule has 0 spiro atoms. The van der Waals surface area contributed by atoms with Gasteiger partial charge in [-0.2, -0.15) is 0 Å². The third-order valence-corrected chi connectivity index (χ3v) is 5.54. The van der Waals surface area contributed by atoms with Gasteiger partial charge in [-0.1, -0.05) is 32.0 Å². The highest BCUT2D eigenvalue weighted by molar-refractivity contribution is 7.92. The zero-order valence-electron chi connectivity index (χ0n) is 14.3. The molecule has 0 aliphatic rings. The average Bonchev–Trinajstić information content (AvgIpc) is 2.56. The fraction of sp³-hybridized carbons (Fsp3) is 0.211. The number of rotatable bonds is 4. The molecule has 2 N–H and O–H groups in total. The van der Waals surface area contributed by atoms with E-state index >= 15 is 0 Å². The van der Waals surface area contributed by atoms with Gasteiger partial charge in [-0.05, 0) is 54.1 Å². The maximum atomic E-state index is 12.6. The number of fused-ring (bicyclic) bond motifs is 1. The first-order valence-corrected chi connectivity index (χ1v) is 9.51. The molecular weight excluding hydrogens is 336 g/mol. The minimum absolute atomic E-state index is 0.184. The summed E-state index contributed by atoms with van der Waals surface area (Å²) >= 11 is 0. The predicted octanol–water partition coefficient (Wildman–Crippen LogP) is 3.76. The second-order valence-corrected chi connectivity index (χ2v) is 8.10. The molecule has 0 aliphatic heterocycles. The monoisotopic (exact) mass is 356 g/mol. The van der Waals surface area contributed by atoms with Gasteiger partial charge in [0.25, 0.3) is 15.6 Å². The Morgan fingerprint density at radius 1 is 1.00 bits per heavy atom. The molecule has 0 fully saturated rings. The van der Waals surface area contributed by atoms with Crippen molar-refractivity contribution in [3.05, 3.63) is 70.0 Å². The molecule has 0 amide bonds. The molecule has 130 valence electrons. The van der Waals surface area contributed by atoms with Gasteiger partial charge in [0.2, 0.25) is 0 Å². The molecule has 2 aromatic carbocycles. The molecule has 6 heteroatoms. The van der Waals surface area contributed by atoms with Crippen LogP contribution >= 0.6 is 0 Å². The van der Waals surface area contributed by atoms with E-state index in [4.69, 9.17) is 0 Å². The minimum Gasteiger partial charge on any atom is -0.322 e. The summed E-state index contributed by atoms with van der Waals surface area (Å²) in [5.74, 6) is 0.338. The normalized spacial score (nSPS) is 11.8. The van der Waals surface area contributed by atoms with Crippen molar-refractivity contribution in [2.75, 3.05) is 4.72 Å². The second kappa shape index (κ2) is 6.37. The summed E-state index contributed by atoms with van der Waals surface area (Å²) in [5.41, 5.74) is 2.51. The van der Waals surface area contributed by atoms with Crippen LogP contribution in [0, 0.1) is 6.92 Å². The summed E-state index contributed by atoms with van der Waals surface area (Å²) in [7, 11) is -3.68. The zero-order valence-corrected chi connectivity index (χ0v) is 15.1. The smallest absolute Gasteiger partial charge is 0.261 e. The van der Waals surface area contributed by atoms with Crippen LogP contribution in [0.5, 0.6) is 0 Å². The molecule has 0 bridgehead atoms. The molecule has 1 heterocycles. The quantitative estimate of drug-likeness (QED) is 0.747. The summed E-state index contributed by atoms with van der Waals surface area (Å²) in [4.78, 5) is 14.7. The first-order valence-electron chi connectivity index (χ1n) is 8.03. The van der Waals surface area contributed by atoms with Crippen molar-refractivity contribution in [2.45, 2.75) is 31.6 Å². The van der Waals surface area contributed by atoms with E-state index < -0.39 is 10.0 Å². The van der Waals surface area contributed by atoms with Crippen molar-refractivity contribution in [1.82, 2.24) is 4.98 Å². The third kappa shape index (κ3) is 3.58. The van der Waals surface area contributed by atoms with E-state index in [1.54, 1.807) is 43.3 Å². The van der Waals surface area contributed by atoms with Gasteiger partial charge in [0, 0.05) is 5.56 Å². The van der Waals surface area contributed by atoms with Crippen molar-refractivity contribution >= 4 is 26.6 Å². The minimum atomic E-state index is -3.68. The molecule has 0 saturated heterocycles. The van der Waals surface area contributed by atoms with Gasteiger partial charge >= 0.3 is 0 Å². The largest absolute Gasteiger partial charge is 0.322 e. The van der Waals surface area contributed by atoms with Gasteiger partial charge < -0.3 is 4.98 Å². The standard InChI is InChI=1S/C19H20N2O3S/c1-12(2)14-5-8-17(9-6-14)25(23,24)21-16-7-4-15-10-13(3)19(22)20-18(15)11-16/h4-12,21H,1-3H3,(H,20,22). The lowest BCUT2D eigenvalue weighted by atomic mass is 10.0. The van der Waals surface area contributed by atoms with Crippen LogP contribution in [0.2, 0.25) is 0 Å². The number of sulfonamides is 1. The Kier molecular flexibility index (Phi) is 4.39. The van der Waals surface area contributed by atoms with Gasteiger partial charge in [-0.3, -0.25) is 9.52 Å². The number of hydrogen-bond acceptors (Lipinski definition) is 3. The van der Waals surface area contributed by atoms with E-state index in [1.807, 2.05) is 12.1 Å². The van der Waals surface area contributed by atoms with Crippen LogP contribution in [-0.4, -0.2) is 13.4 Å². The maximum absolute atomic E-state index is 12.6. The summed E-state index contributed by atoms with van der Waals surface area (Å²) in [6.45, 7) is 5.84. The number of H-pyrrole nitrogens is 1. The number of aryl methyl sites for hydroxylation is 1. The van der Waals surface area contributed by atoms with Crippen LogP contribution in [0.3, 0.4) is 0 Å². The number of aromatic nitrogens is 1. The highest BCUT2D eigenvalue weighted by Crippen LogP contribution is 2.22. The summed E-state index contributed by atoms with van der Waals surface area (Å²) in [5, 5.41) is 0.848. The van der Waals surface area contributed by atoms with Crippen LogP contribution < -0.4 is 10.3 Å². The van der Waals surface area contributed by atoms with Gasteiger partial charge in [-0.15, -0.1) is 0 Å². The third-order valence-electron chi connectivity index (χ3n) is 4.14. The molecule has 5 nitrogen and oxygen atoms in total. The van der Waals surface area contributed by atoms with Gasteiger partial charge in [0.1, 0.15) is 0 Å². The van der Waals surface area contributed by atoms with E-state index in [0.29, 0.717) is 22.7 Å². The summed E-state index contributed by atoms with van der Waals surface area (Å²) in [6.07, 6.45) is 0. The molecule has 0 atom stereocenters. The van der Waals surface area contributed by atoms with E-state index in [-0.39, 0.29) is 10.5 Å². The fourth-order valence-electron chi connectivity index (χ4n) is 2.62. The lowest BCUT2D eigenvalue weighted by Gasteiger charge is -2.11. The summed E-state index contributed by atoms with van der Waals surface area (Å²) in [6, 6.07) is 13.7. The van der Waals surface area contributed by atoms with Crippen molar-refractivity contribution in [2.24, 2.45) is 0 Å². The summed E-state index contributed by atoms with van der Waals surface area (Å²) < 4.78 is 27.7. The predicted molar refractivity (Wildman–Crippen MR) is 101 cm³/mol. The number of anilines is 1. The van der Waals surface area contributed by atoms with E-state index in [2.05, 4.69) is 23.6 Å². The first-order chi connectivity index (χ1) is 11.8. The first kappa shape index (κ1) is 17.2. The lowest BCUT2D eigenvalue weighted by Crippen LogP contribution is -2.13. The number of hydrogen-bond donors (Lipinski definition) is 2. The fourth-order valence-corrected chi connectivity index (χ4v) is 3.67. The van der Waals surface area contributed by atoms with Crippen molar-refractivity contribution in [3.63, 3.8) is 0 Å². The molecule has 3 aromatic rings. The van der Waals surface area contributed by atoms with Crippen LogP contribution in [-0.2, 0) is 10.0 Å². The van der Waals surface area contributed by atoms with Gasteiger partial charge in [0.05, 0.1) is 16.1 Å². The molecule has 0 radical (unpaired) electrons. The number of pyridine rings is 1. The number of nitrogens with one attached hydrogen (secondary N) is 2.